The largest absolute Gasteiger partial charge is 0.391 e. The Hall–Kier alpha value is -1.00. The van der Waals surface area contributed by atoms with Gasteiger partial charge in [0.05, 0.1) is 17.4 Å². The molecule has 0 bridgehead atoms. The van der Waals surface area contributed by atoms with E-state index < -0.39 is 0 Å². The van der Waals surface area contributed by atoms with Gasteiger partial charge >= 0.3 is 0 Å². The fourth-order valence-corrected chi connectivity index (χ4v) is 4.26. The van der Waals surface area contributed by atoms with Crippen molar-refractivity contribution in [3.05, 3.63) is 29.8 Å². The molecule has 1 aliphatic carbocycles. The minimum atomic E-state index is -0.379. The Morgan fingerprint density at radius 1 is 1.20 bits per heavy atom. The fourth-order valence-electron chi connectivity index (χ4n) is 3.06. The molecule has 3 nitrogen and oxygen atoms in total. The van der Waals surface area contributed by atoms with Gasteiger partial charge in [-0.05, 0) is 30.9 Å². The highest BCUT2D eigenvalue weighted by Gasteiger charge is 2.31. The van der Waals surface area contributed by atoms with Gasteiger partial charge in [-0.2, -0.15) is 0 Å². The van der Waals surface area contributed by atoms with Gasteiger partial charge < -0.3 is 10.4 Å². The van der Waals surface area contributed by atoms with Gasteiger partial charge in [-0.25, -0.2) is 0 Å². The van der Waals surface area contributed by atoms with Gasteiger partial charge in [-0.1, -0.05) is 37.5 Å². The molecule has 4 heteroatoms. The van der Waals surface area contributed by atoms with E-state index in [0.29, 0.717) is 0 Å². The molecule has 1 heterocycles. The highest BCUT2D eigenvalue weighted by atomic mass is 32.2. The molecule has 3 atom stereocenters. The molecule has 1 amide bonds. The lowest BCUT2D eigenvalue weighted by Crippen LogP contribution is -2.46. The maximum atomic E-state index is 12.4. The molecule has 1 fully saturated rings. The summed E-state index contributed by atoms with van der Waals surface area (Å²) in [6, 6.07) is 8.15. The average molecular weight is 291 g/mol. The molecule has 0 aromatic heterocycles. The zero-order valence-electron chi connectivity index (χ0n) is 11.5. The number of aliphatic hydroxyl groups is 1. The summed E-state index contributed by atoms with van der Waals surface area (Å²) >= 11 is 1.65. The molecule has 1 saturated carbocycles. The number of aliphatic hydroxyl groups excluding tert-OH is 1. The number of thioether (sulfide) groups is 1. The van der Waals surface area contributed by atoms with Crippen LogP contribution in [-0.4, -0.2) is 28.4 Å². The molecule has 0 radical (unpaired) electrons. The van der Waals surface area contributed by atoms with E-state index in [2.05, 4.69) is 17.4 Å². The van der Waals surface area contributed by atoms with E-state index in [1.807, 2.05) is 12.1 Å². The van der Waals surface area contributed by atoms with Gasteiger partial charge in [0.2, 0.25) is 5.91 Å². The minimum Gasteiger partial charge on any atom is -0.391 e. The topological polar surface area (TPSA) is 49.3 Å². The number of amides is 1. The number of rotatable bonds is 2. The van der Waals surface area contributed by atoms with Crippen LogP contribution in [0.2, 0.25) is 0 Å². The number of carbonyl (C=O) groups excluding carboxylic acids is 1. The Morgan fingerprint density at radius 2 is 2.00 bits per heavy atom. The van der Waals surface area contributed by atoms with Crippen LogP contribution >= 0.6 is 11.8 Å². The maximum absolute atomic E-state index is 12.4. The second-order valence-corrected chi connectivity index (χ2v) is 6.98. The van der Waals surface area contributed by atoms with Crippen molar-refractivity contribution < 1.29 is 9.90 Å². The molecule has 1 aromatic carbocycles. The van der Waals surface area contributed by atoms with Crippen molar-refractivity contribution in [2.24, 2.45) is 0 Å². The van der Waals surface area contributed by atoms with Crippen LogP contribution in [0.4, 0.5) is 0 Å². The van der Waals surface area contributed by atoms with Crippen LogP contribution in [0, 0.1) is 0 Å². The molecule has 3 unspecified atom stereocenters. The van der Waals surface area contributed by atoms with Crippen molar-refractivity contribution in [2.75, 3.05) is 0 Å². The summed E-state index contributed by atoms with van der Waals surface area (Å²) in [5, 5.41) is 13.1. The Kier molecular flexibility index (Phi) is 4.32. The Labute approximate surface area is 124 Å². The van der Waals surface area contributed by atoms with Crippen molar-refractivity contribution >= 4 is 17.7 Å². The smallest absolute Gasteiger partial charge is 0.234 e. The van der Waals surface area contributed by atoms with Crippen LogP contribution < -0.4 is 5.32 Å². The quantitative estimate of drug-likeness (QED) is 0.823. The SMILES string of the molecule is O=C(NC1CCCCCC1O)C1Cc2ccccc2S1. The highest BCUT2D eigenvalue weighted by molar-refractivity contribution is 8.01. The molecule has 0 saturated heterocycles. The Bertz CT molecular complexity index is 466. The summed E-state index contributed by atoms with van der Waals surface area (Å²) in [5.74, 6) is 0.0807. The van der Waals surface area contributed by atoms with E-state index in [9.17, 15) is 9.90 Å². The van der Waals surface area contributed by atoms with Crippen LogP contribution in [0.25, 0.3) is 0 Å². The molecule has 1 aromatic rings. The van der Waals surface area contributed by atoms with E-state index in [0.717, 1.165) is 38.5 Å². The van der Waals surface area contributed by atoms with Gasteiger partial charge in [0.1, 0.15) is 0 Å². The molecular weight excluding hydrogens is 270 g/mol. The average Bonchev–Trinajstić information content (AvgIpc) is 2.79. The van der Waals surface area contributed by atoms with Crippen molar-refractivity contribution in [1.82, 2.24) is 5.32 Å². The zero-order valence-corrected chi connectivity index (χ0v) is 12.4. The first-order chi connectivity index (χ1) is 9.74. The van der Waals surface area contributed by atoms with Crippen molar-refractivity contribution in [2.45, 2.75) is 60.8 Å². The summed E-state index contributed by atoms with van der Waals surface area (Å²) in [6.07, 6.45) is 5.45. The summed E-state index contributed by atoms with van der Waals surface area (Å²) in [7, 11) is 0. The fraction of sp³-hybridized carbons (Fsp3) is 0.562. The summed E-state index contributed by atoms with van der Waals surface area (Å²) < 4.78 is 0. The third-order valence-electron chi connectivity index (χ3n) is 4.25. The lowest BCUT2D eigenvalue weighted by atomic mass is 10.1. The van der Waals surface area contributed by atoms with E-state index in [-0.39, 0.29) is 23.3 Å². The van der Waals surface area contributed by atoms with Crippen molar-refractivity contribution in [1.29, 1.82) is 0 Å². The van der Waals surface area contributed by atoms with Gasteiger partial charge in [-0.15, -0.1) is 11.8 Å². The third kappa shape index (κ3) is 3.01. The van der Waals surface area contributed by atoms with Crippen molar-refractivity contribution in [3.8, 4) is 0 Å². The molecule has 1 aliphatic heterocycles. The summed E-state index contributed by atoms with van der Waals surface area (Å²) in [6.45, 7) is 0. The minimum absolute atomic E-state index is 0.0390. The molecule has 2 aliphatic rings. The van der Waals surface area contributed by atoms with E-state index >= 15 is 0 Å². The summed E-state index contributed by atoms with van der Waals surface area (Å²) in [4.78, 5) is 13.6. The Morgan fingerprint density at radius 3 is 2.85 bits per heavy atom. The van der Waals surface area contributed by atoms with Crippen molar-refractivity contribution in [3.63, 3.8) is 0 Å². The predicted molar refractivity (Wildman–Crippen MR) is 80.8 cm³/mol. The second kappa shape index (κ2) is 6.19. The number of nitrogens with one attached hydrogen (secondary N) is 1. The summed E-state index contributed by atoms with van der Waals surface area (Å²) in [5.41, 5.74) is 1.26. The molecule has 2 N–H and O–H groups in total. The molecule has 3 rings (SSSR count). The van der Waals surface area contributed by atoms with Gasteiger partial charge in [0.15, 0.2) is 0 Å². The van der Waals surface area contributed by atoms with Crippen LogP contribution in [0.15, 0.2) is 29.2 Å². The number of fused-ring (bicyclic) bond motifs is 1. The van der Waals surface area contributed by atoms with Crippen LogP contribution in [0.1, 0.15) is 37.7 Å². The molecular formula is C16H21NO2S. The number of hydrogen-bond donors (Lipinski definition) is 2. The monoisotopic (exact) mass is 291 g/mol. The number of carbonyl (C=O) groups is 1. The van der Waals surface area contributed by atoms with E-state index in [4.69, 9.17) is 0 Å². The molecule has 108 valence electrons. The van der Waals surface area contributed by atoms with Crippen LogP contribution in [-0.2, 0) is 11.2 Å². The lowest BCUT2D eigenvalue weighted by Gasteiger charge is -2.23. The second-order valence-electron chi connectivity index (χ2n) is 5.74. The van der Waals surface area contributed by atoms with Crippen LogP contribution in [0.5, 0.6) is 0 Å². The highest BCUT2D eigenvalue weighted by Crippen LogP contribution is 2.36. The first-order valence-electron chi connectivity index (χ1n) is 7.47. The molecule has 20 heavy (non-hydrogen) atoms. The number of benzene rings is 1. The standard InChI is InChI=1S/C16H21NO2S/c18-13-8-3-1-2-7-12(13)17-16(19)15-10-11-6-4-5-9-14(11)20-15/h4-6,9,12-13,15,18H,1-3,7-8,10H2,(H,17,19). The van der Waals surface area contributed by atoms with Gasteiger partial charge in [0, 0.05) is 4.90 Å². The van der Waals surface area contributed by atoms with E-state index in [1.165, 1.54) is 10.5 Å². The normalized spacial score (nSPS) is 29.6. The first kappa shape index (κ1) is 14.0. The van der Waals surface area contributed by atoms with Crippen LogP contribution in [0.3, 0.4) is 0 Å². The van der Waals surface area contributed by atoms with Gasteiger partial charge in [0.25, 0.3) is 0 Å². The predicted octanol–water partition coefficient (Wildman–Crippen LogP) is 2.51. The first-order valence-corrected chi connectivity index (χ1v) is 8.35. The van der Waals surface area contributed by atoms with E-state index in [1.54, 1.807) is 11.8 Å². The Balaban J connectivity index is 1.60. The maximum Gasteiger partial charge on any atom is 0.234 e. The number of hydrogen-bond acceptors (Lipinski definition) is 3. The lowest BCUT2D eigenvalue weighted by molar-refractivity contribution is -0.122. The van der Waals surface area contributed by atoms with Gasteiger partial charge in [-0.3, -0.25) is 4.79 Å². The third-order valence-corrected chi connectivity index (χ3v) is 5.56. The zero-order chi connectivity index (χ0) is 13.9. The molecule has 0 spiro atoms.